The Labute approximate surface area is 122 Å². The standard InChI is InChI=1S/C17H27NS/c1-11(2)13(4)19-16-10-12(3)14-8-6-7-9-15(14)17(16)18-5/h6-9,11-13,16-18H,10H2,1-5H3. The van der Waals surface area contributed by atoms with E-state index >= 15 is 0 Å². The molecular formula is C17H27NS. The molecule has 4 atom stereocenters. The highest BCUT2D eigenvalue weighted by Gasteiger charge is 2.33. The Hall–Kier alpha value is -0.470. The van der Waals surface area contributed by atoms with E-state index < -0.39 is 0 Å². The van der Waals surface area contributed by atoms with Crippen LogP contribution < -0.4 is 5.32 Å². The summed E-state index contributed by atoms with van der Waals surface area (Å²) in [4.78, 5) is 0. The highest BCUT2D eigenvalue weighted by Crippen LogP contribution is 2.44. The van der Waals surface area contributed by atoms with Crippen molar-refractivity contribution in [2.75, 3.05) is 7.05 Å². The zero-order valence-corrected chi connectivity index (χ0v) is 13.6. The topological polar surface area (TPSA) is 12.0 Å². The molecule has 4 unspecified atom stereocenters. The summed E-state index contributed by atoms with van der Waals surface area (Å²) in [7, 11) is 2.10. The van der Waals surface area contributed by atoms with Crippen molar-refractivity contribution in [2.24, 2.45) is 5.92 Å². The van der Waals surface area contributed by atoms with Gasteiger partial charge in [0.25, 0.3) is 0 Å². The van der Waals surface area contributed by atoms with E-state index in [0.717, 1.165) is 11.2 Å². The van der Waals surface area contributed by atoms with Gasteiger partial charge in [-0.05, 0) is 36.4 Å². The highest BCUT2D eigenvalue weighted by molar-refractivity contribution is 8.00. The first kappa shape index (κ1) is 14.9. The van der Waals surface area contributed by atoms with Crippen LogP contribution in [0.3, 0.4) is 0 Å². The van der Waals surface area contributed by atoms with Crippen molar-refractivity contribution < 1.29 is 0 Å². The third-order valence-corrected chi connectivity index (χ3v) is 6.25. The van der Waals surface area contributed by atoms with Crippen molar-refractivity contribution in [2.45, 2.75) is 56.6 Å². The maximum atomic E-state index is 3.55. The van der Waals surface area contributed by atoms with E-state index in [0.29, 0.717) is 17.2 Å². The number of rotatable bonds is 4. The number of hydrogen-bond acceptors (Lipinski definition) is 2. The molecule has 1 N–H and O–H groups in total. The van der Waals surface area contributed by atoms with Crippen LogP contribution in [0.2, 0.25) is 0 Å². The first-order valence-electron chi connectivity index (χ1n) is 7.46. The van der Waals surface area contributed by atoms with Gasteiger partial charge in [0.15, 0.2) is 0 Å². The highest BCUT2D eigenvalue weighted by atomic mass is 32.2. The van der Waals surface area contributed by atoms with Crippen LogP contribution in [0, 0.1) is 5.92 Å². The second kappa shape index (κ2) is 6.32. The van der Waals surface area contributed by atoms with Crippen LogP contribution in [0.1, 0.15) is 57.2 Å². The molecule has 0 fully saturated rings. The SMILES string of the molecule is CNC1c2ccccc2C(C)CC1SC(C)C(C)C. The second-order valence-electron chi connectivity index (χ2n) is 6.16. The minimum atomic E-state index is 0.499. The summed E-state index contributed by atoms with van der Waals surface area (Å²) >= 11 is 2.17. The smallest absolute Gasteiger partial charge is 0.0441 e. The maximum Gasteiger partial charge on any atom is 0.0441 e. The second-order valence-corrected chi connectivity index (χ2v) is 7.78. The van der Waals surface area contributed by atoms with E-state index in [-0.39, 0.29) is 0 Å². The lowest BCUT2D eigenvalue weighted by Crippen LogP contribution is -2.34. The summed E-state index contributed by atoms with van der Waals surface area (Å²) in [5.41, 5.74) is 3.05. The van der Waals surface area contributed by atoms with Crippen LogP contribution in [0.4, 0.5) is 0 Å². The van der Waals surface area contributed by atoms with Crippen molar-refractivity contribution >= 4 is 11.8 Å². The van der Waals surface area contributed by atoms with Gasteiger partial charge in [0, 0.05) is 16.5 Å². The van der Waals surface area contributed by atoms with E-state index in [4.69, 9.17) is 0 Å². The van der Waals surface area contributed by atoms with Gasteiger partial charge in [-0.15, -0.1) is 0 Å². The van der Waals surface area contributed by atoms with Crippen LogP contribution in [0.15, 0.2) is 24.3 Å². The van der Waals surface area contributed by atoms with E-state index in [1.165, 1.54) is 17.5 Å². The number of benzene rings is 1. The fourth-order valence-corrected chi connectivity index (χ4v) is 4.67. The number of hydrogen-bond donors (Lipinski definition) is 1. The Morgan fingerprint density at radius 3 is 2.37 bits per heavy atom. The van der Waals surface area contributed by atoms with E-state index in [1.54, 1.807) is 0 Å². The maximum absolute atomic E-state index is 3.55. The van der Waals surface area contributed by atoms with Gasteiger partial charge in [-0.25, -0.2) is 0 Å². The van der Waals surface area contributed by atoms with Gasteiger partial charge in [0.1, 0.15) is 0 Å². The molecule has 0 aliphatic heterocycles. The summed E-state index contributed by atoms with van der Waals surface area (Å²) in [6, 6.07) is 9.45. The molecule has 0 amide bonds. The Balaban J connectivity index is 2.23. The summed E-state index contributed by atoms with van der Waals surface area (Å²) in [5.74, 6) is 1.42. The van der Waals surface area contributed by atoms with E-state index in [1.807, 2.05) is 0 Å². The Morgan fingerprint density at radius 2 is 1.79 bits per heavy atom. The van der Waals surface area contributed by atoms with Crippen LogP contribution in [0.25, 0.3) is 0 Å². The normalized spacial score (nSPS) is 28.2. The molecule has 1 nitrogen and oxygen atoms in total. The van der Waals surface area contributed by atoms with Gasteiger partial charge in [0.2, 0.25) is 0 Å². The molecule has 0 saturated carbocycles. The van der Waals surface area contributed by atoms with E-state index in [9.17, 15) is 0 Å². The fourth-order valence-electron chi connectivity index (χ4n) is 2.96. The average Bonchev–Trinajstić information content (AvgIpc) is 2.39. The molecule has 1 aromatic rings. The fraction of sp³-hybridized carbons (Fsp3) is 0.647. The molecular weight excluding hydrogens is 250 g/mol. The minimum absolute atomic E-state index is 0.499. The third-order valence-electron chi connectivity index (χ3n) is 4.46. The van der Waals surface area contributed by atoms with Gasteiger partial charge in [-0.1, -0.05) is 52.0 Å². The Kier molecular flexibility index (Phi) is 4.97. The molecule has 0 radical (unpaired) electrons. The van der Waals surface area contributed by atoms with Gasteiger partial charge < -0.3 is 5.32 Å². The lowest BCUT2D eigenvalue weighted by molar-refractivity contribution is 0.469. The molecule has 0 bridgehead atoms. The lowest BCUT2D eigenvalue weighted by Gasteiger charge is -2.38. The number of thioether (sulfide) groups is 1. The molecule has 19 heavy (non-hydrogen) atoms. The van der Waals surface area contributed by atoms with Crippen LogP contribution >= 0.6 is 11.8 Å². The summed E-state index contributed by atoms with van der Waals surface area (Å²) in [6.45, 7) is 9.39. The van der Waals surface area contributed by atoms with Crippen molar-refractivity contribution in [3.05, 3.63) is 35.4 Å². The number of nitrogens with one attached hydrogen (secondary N) is 1. The van der Waals surface area contributed by atoms with Gasteiger partial charge in [-0.3, -0.25) is 0 Å². The number of fused-ring (bicyclic) bond motifs is 1. The largest absolute Gasteiger partial charge is 0.312 e. The zero-order chi connectivity index (χ0) is 14.0. The van der Waals surface area contributed by atoms with Crippen molar-refractivity contribution in [1.29, 1.82) is 0 Å². The lowest BCUT2D eigenvalue weighted by atomic mass is 9.81. The van der Waals surface area contributed by atoms with Gasteiger partial charge >= 0.3 is 0 Å². The molecule has 0 spiro atoms. The monoisotopic (exact) mass is 277 g/mol. The first-order valence-corrected chi connectivity index (χ1v) is 8.40. The third kappa shape index (κ3) is 3.17. The Morgan fingerprint density at radius 1 is 1.16 bits per heavy atom. The average molecular weight is 277 g/mol. The minimum Gasteiger partial charge on any atom is -0.312 e. The van der Waals surface area contributed by atoms with Crippen molar-refractivity contribution in [1.82, 2.24) is 5.32 Å². The quantitative estimate of drug-likeness (QED) is 0.863. The van der Waals surface area contributed by atoms with Crippen LogP contribution in [-0.2, 0) is 0 Å². The summed E-state index contributed by atoms with van der Waals surface area (Å²) < 4.78 is 0. The molecule has 0 saturated heterocycles. The summed E-state index contributed by atoms with van der Waals surface area (Å²) in [6.07, 6.45) is 1.28. The van der Waals surface area contributed by atoms with Crippen LogP contribution in [0.5, 0.6) is 0 Å². The molecule has 0 aromatic heterocycles. The van der Waals surface area contributed by atoms with Crippen molar-refractivity contribution in [3.63, 3.8) is 0 Å². The Bertz CT molecular complexity index is 415. The molecule has 106 valence electrons. The molecule has 0 heterocycles. The van der Waals surface area contributed by atoms with E-state index in [2.05, 4.69) is 76.1 Å². The molecule has 1 aliphatic rings. The van der Waals surface area contributed by atoms with Crippen LogP contribution in [-0.4, -0.2) is 17.5 Å². The predicted octanol–water partition coefficient (Wildman–Crippen LogP) is 4.60. The van der Waals surface area contributed by atoms with Crippen molar-refractivity contribution in [3.8, 4) is 0 Å². The van der Waals surface area contributed by atoms with Gasteiger partial charge in [0.05, 0.1) is 0 Å². The zero-order valence-electron chi connectivity index (χ0n) is 12.8. The van der Waals surface area contributed by atoms with Gasteiger partial charge in [-0.2, -0.15) is 11.8 Å². The molecule has 1 aromatic carbocycles. The predicted molar refractivity (Wildman–Crippen MR) is 87.0 cm³/mol. The molecule has 2 rings (SSSR count). The molecule has 2 heteroatoms. The first-order chi connectivity index (χ1) is 9.04. The summed E-state index contributed by atoms with van der Waals surface area (Å²) in [5, 5.41) is 4.96. The molecule has 1 aliphatic carbocycles.